The number of hydrogen-bond acceptors (Lipinski definition) is 7. The summed E-state index contributed by atoms with van der Waals surface area (Å²) < 4.78 is 18.0. The Morgan fingerprint density at radius 3 is 2.73 bits per heavy atom. The molecule has 2 aromatic carbocycles. The van der Waals surface area contributed by atoms with Crippen LogP contribution in [-0.2, 0) is 20.9 Å². The van der Waals surface area contributed by atoms with Crippen molar-refractivity contribution in [3.05, 3.63) is 57.7 Å². The molecule has 3 heterocycles. The van der Waals surface area contributed by atoms with Crippen molar-refractivity contribution in [1.29, 1.82) is 0 Å². The van der Waals surface area contributed by atoms with Crippen molar-refractivity contribution in [2.75, 3.05) is 19.7 Å². The molecular weight excluding hydrogens is 580 g/mol. The van der Waals surface area contributed by atoms with Crippen LogP contribution in [0.4, 0.5) is 4.79 Å². The van der Waals surface area contributed by atoms with Crippen molar-refractivity contribution >= 4 is 44.8 Å². The SMILES string of the molecule is CCCC(=O)OCc1[nH]nc2c(C(=O)NC3CC4(CCN(C(=O)OCC)CC4)Oc4ccc(Br)cc43)cccc12. The maximum absolute atomic E-state index is 13.7. The van der Waals surface area contributed by atoms with E-state index in [1.807, 2.05) is 31.2 Å². The number of esters is 1. The number of rotatable bonds is 7. The third-order valence-electron chi connectivity index (χ3n) is 7.50. The first kappa shape index (κ1) is 27.9. The van der Waals surface area contributed by atoms with E-state index in [1.165, 1.54) is 0 Å². The summed E-state index contributed by atoms with van der Waals surface area (Å²) in [5, 5.41) is 11.3. The highest BCUT2D eigenvalue weighted by atomic mass is 79.9. The van der Waals surface area contributed by atoms with Crippen molar-refractivity contribution in [2.24, 2.45) is 0 Å². The van der Waals surface area contributed by atoms with Gasteiger partial charge in [0.05, 0.1) is 23.9 Å². The Bertz CT molecular complexity index is 1410. The van der Waals surface area contributed by atoms with Gasteiger partial charge in [0.1, 0.15) is 23.5 Å². The molecule has 10 nitrogen and oxygen atoms in total. The lowest BCUT2D eigenvalue weighted by atomic mass is 9.80. The Morgan fingerprint density at radius 2 is 1.98 bits per heavy atom. The molecule has 2 aliphatic heterocycles. The van der Waals surface area contributed by atoms with Crippen molar-refractivity contribution in [3.8, 4) is 5.75 Å². The van der Waals surface area contributed by atoms with E-state index in [9.17, 15) is 14.4 Å². The Labute approximate surface area is 240 Å². The van der Waals surface area contributed by atoms with E-state index in [4.69, 9.17) is 14.2 Å². The molecule has 1 aromatic heterocycles. The largest absolute Gasteiger partial charge is 0.487 e. The second-order valence-electron chi connectivity index (χ2n) is 10.2. The quantitative estimate of drug-likeness (QED) is 0.342. The lowest BCUT2D eigenvalue weighted by Crippen LogP contribution is -2.53. The lowest BCUT2D eigenvalue weighted by molar-refractivity contribution is -0.145. The first-order chi connectivity index (χ1) is 19.3. The molecule has 0 bridgehead atoms. The van der Waals surface area contributed by atoms with E-state index in [-0.39, 0.29) is 30.6 Å². The lowest BCUT2D eigenvalue weighted by Gasteiger charge is -2.46. The number of nitrogens with zero attached hydrogens (tertiary/aromatic N) is 2. The number of aromatic amines is 1. The third kappa shape index (κ3) is 5.79. The van der Waals surface area contributed by atoms with Crippen molar-refractivity contribution < 1.29 is 28.6 Å². The van der Waals surface area contributed by atoms with Gasteiger partial charge in [0.2, 0.25) is 0 Å². The number of ether oxygens (including phenoxy) is 3. The van der Waals surface area contributed by atoms with Crippen LogP contribution in [0.15, 0.2) is 40.9 Å². The summed E-state index contributed by atoms with van der Waals surface area (Å²) in [6, 6.07) is 10.9. The average molecular weight is 614 g/mol. The number of carbonyl (C=O) groups excluding carboxylic acids is 3. The number of benzene rings is 2. The zero-order valence-corrected chi connectivity index (χ0v) is 24.2. The van der Waals surface area contributed by atoms with Crippen LogP contribution < -0.4 is 10.1 Å². The second kappa shape index (κ2) is 11.9. The molecule has 2 aliphatic rings. The van der Waals surface area contributed by atoms with E-state index in [0.29, 0.717) is 68.6 Å². The van der Waals surface area contributed by atoms with Crippen LogP contribution in [0.1, 0.15) is 73.6 Å². The van der Waals surface area contributed by atoms with Crippen LogP contribution >= 0.6 is 15.9 Å². The monoisotopic (exact) mass is 612 g/mol. The molecule has 1 fully saturated rings. The van der Waals surface area contributed by atoms with Gasteiger partial charge in [-0.1, -0.05) is 35.0 Å². The number of hydrogen-bond donors (Lipinski definition) is 2. The highest BCUT2D eigenvalue weighted by Gasteiger charge is 2.45. The molecule has 1 spiro atoms. The first-order valence-electron chi connectivity index (χ1n) is 13.6. The molecule has 11 heteroatoms. The molecule has 3 aromatic rings. The highest BCUT2D eigenvalue weighted by Crippen LogP contribution is 2.45. The highest BCUT2D eigenvalue weighted by molar-refractivity contribution is 9.10. The summed E-state index contributed by atoms with van der Waals surface area (Å²) >= 11 is 3.55. The summed E-state index contributed by atoms with van der Waals surface area (Å²) in [4.78, 5) is 39.5. The number of amides is 2. The van der Waals surface area contributed by atoms with Crippen molar-refractivity contribution in [2.45, 2.75) is 64.2 Å². The van der Waals surface area contributed by atoms with Crippen LogP contribution in [0.3, 0.4) is 0 Å². The fourth-order valence-corrected chi connectivity index (χ4v) is 5.82. The van der Waals surface area contributed by atoms with E-state index >= 15 is 0 Å². The molecule has 0 saturated carbocycles. The molecule has 5 rings (SSSR count). The molecular formula is C29H33BrN4O6. The van der Waals surface area contributed by atoms with Gasteiger partial charge < -0.3 is 24.4 Å². The minimum Gasteiger partial charge on any atom is -0.487 e. The molecule has 0 radical (unpaired) electrons. The Kier molecular flexibility index (Phi) is 8.30. The van der Waals surface area contributed by atoms with E-state index in [1.54, 1.807) is 24.0 Å². The molecule has 0 aliphatic carbocycles. The van der Waals surface area contributed by atoms with Crippen LogP contribution in [0.5, 0.6) is 5.75 Å². The number of piperidine rings is 1. The molecule has 1 atom stereocenters. The normalized spacial score (nSPS) is 17.7. The standard InChI is InChI=1S/C29H33BrN4O6/c1-3-6-25(35)39-17-23-19-7-5-8-20(26(19)33-32-23)27(36)31-22-16-29(40-24-10-9-18(30)15-21(22)24)11-13-34(14-12-29)28(37)38-4-2/h5,7-10,15,22H,3-4,6,11-14,16-17H2,1-2H3,(H,31,36)(H,32,33). The molecule has 2 amide bonds. The van der Waals surface area contributed by atoms with Crippen LogP contribution in [0, 0.1) is 0 Å². The summed E-state index contributed by atoms with van der Waals surface area (Å²) in [5.41, 5.74) is 1.95. The van der Waals surface area contributed by atoms with E-state index in [0.717, 1.165) is 21.2 Å². The zero-order chi connectivity index (χ0) is 28.3. The number of aromatic nitrogens is 2. The third-order valence-corrected chi connectivity index (χ3v) is 7.99. The van der Waals surface area contributed by atoms with Crippen LogP contribution in [0.25, 0.3) is 10.9 Å². The van der Waals surface area contributed by atoms with E-state index in [2.05, 4.69) is 31.4 Å². The van der Waals surface area contributed by atoms with Gasteiger partial charge in [0.25, 0.3) is 5.91 Å². The van der Waals surface area contributed by atoms with Crippen molar-refractivity contribution in [1.82, 2.24) is 20.4 Å². The number of H-pyrrole nitrogens is 1. The summed E-state index contributed by atoms with van der Waals surface area (Å²) in [6.07, 6.45) is 2.57. The first-order valence-corrected chi connectivity index (χ1v) is 14.4. The molecule has 212 valence electrons. The second-order valence-corrected chi connectivity index (χ2v) is 11.1. The number of para-hydroxylation sites is 1. The molecule has 2 N–H and O–H groups in total. The number of carbonyl (C=O) groups is 3. The predicted molar refractivity (Wildman–Crippen MR) is 151 cm³/mol. The number of likely N-dealkylation sites (tertiary alicyclic amines) is 1. The van der Waals surface area contributed by atoms with Gasteiger partial charge in [-0.2, -0.15) is 5.10 Å². The summed E-state index contributed by atoms with van der Waals surface area (Å²) in [6.45, 7) is 5.14. The van der Waals surface area contributed by atoms with E-state index < -0.39 is 5.60 Å². The van der Waals surface area contributed by atoms with Gasteiger partial charge in [-0.15, -0.1) is 0 Å². The smallest absolute Gasteiger partial charge is 0.409 e. The topological polar surface area (TPSA) is 123 Å². The minimum atomic E-state index is -0.518. The van der Waals surface area contributed by atoms with Gasteiger partial charge in [-0.25, -0.2) is 4.79 Å². The maximum Gasteiger partial charge on any atom is 0.409 e. The van der Waals surface area contributed by atoms with Crippen LogP contribution in [0.2, 0.25) is 0 Å². The Morgan fingerprint density at radius 1 is 1.18 bits per heavy atom. The fraction of sp³-hybridized carbons (Fsp3) is 0.448. The average Bonchev–Trinajstić information content (AvgIpc) is 3.36. The number of fused-ring (bicyclic) bond motifs is 2. The van der Waals surface area contributed by atoms with Crippen LogP contribution in [-0.4, -0.2) is 58.4 Å². The van der Waals surface area contributed by atoms with Gasteiger partial charge >= 0.3 is 12.1 Å². The summed E-state index contributed by atoms with van der Waals surface area (Å²) in [5.74, 6) is 0.188. The molecule has 1 saturated heterocycles. The Balaban J connectivity index is 1.36. The zero-order valence-electron chi connectivity index (χ0n) is 22.6. The van der Waals surface area contributed by atoms with Gasteiger partial charge in [-0.05, 0) is 37.6 Å². The minimum absolute atomic E-state index is 0.0626. The van der Waals surface area contributed by atoms with Crippen molar-refractivity contribution in [3.63, 3.8) is 0 Å². The molecule has 1 unspecified atom stereocenters. The molecule has 40 heavy (non-hydrogen) atoms. The number of nitrogens with one attached hydrogen (secondary N) is 2. The number of halogens is 1. The van der Waals surface area contributed by atoms with Gasteiger partial charge in [0, 0.05) is 54.2 Å². The van der Waals surface area contributed by atoms with Gasteiger partial charge in [0.15, 0.2) is 0 Å². The maximum atomic E-state index is 13.7. The Hall–Kier alpha value is -3.60. The van der Waals surface area contributed by atoms with Gasteiger partial charge in [-0.3, -0.25) is 14.7 Å². The summed E-state index contributed by atoms with van der Waals surface area (Å²) in [7, 11) is 0. The fourth-order valence-electron chi connectivity index (χ4n) is 5.44. The predicted octanol–water partition coefficient (Wildman–Crippen LogP) is 5.41.